The second kappa shape index (κ2) is 8.68. The van der Waals surface area contributed by atoms with Crippen LogP contribution >= 0.6 is 0 Å². The van der Waals surface area contributed by atoms with Crippen molar-refractivity contribution in [2.45, 2.75) is 25.1 Å². The van der Waals surface area contributed by atoms with E-state index >= 15 is 0 Å². The highest BCUT2D eigenvalue weighted by atomic mass is 19.4. The fourth-order valence-electron chi connectivity index (χ4n) is 3.40. The Morgan fingerprint density at radius 2 is 2.14 bits per heavy atom. The van der Waals surface area contributed by atoms with Crippen LogP contribution in [0.1, 0.15) is 18.4 Å². The number of likely N-dealkylation sites (N-methyl/N-ethyl adjacent to an activating group) is 1. The molecule has 10 heteroatoms. The second-order valence-electron chi connectivity index (χ2n) is 7.45. The summed E-state index contributed by atoms with van der Waals surface area (Å²) in [4.78, 5) is 27.5. The van der Waals surface area contributed by atoms with E-state index < -0.39 is 29.6 Å². The van der Waals surface area contributed by atoms with Gasteiger partial charge in [-0.15, -0.1) is 0 Å². The number of carbonyl (C=O) groups is 2. The van der Waals surface area contributed by atoms with E-state index in [-0.39, 0.29) is 37.7 Å². The lowest BCUT2D eigenvalue weighted by Gasteiger charge is -2.30. The van der Waals surface area contributed by atoms with Crippen molar-refractivity contribution in [1.82, 2.24) is 4.90 Å². The number of rotatable bonds is 7. The number of nitrogens with one attached hydrogen (secondary N) is 1. The number of nitrogens with zero attached hydrogens (tertiary/aromatic N) is 2. The first kappa shape index (κ1) is 21.5. The number of nitrogens with two attached hydrogens (primary N) is 1. The van der Waals surface area contributed by atoms with Crippen molar-refractivity contribution in [3.63, 3.8) is 0 Å². The molecule has 1 aromatic carbocycles. The van der Waals surface area contributed by atoms with Crippen LogP contribution in [0.25, 0.3) is 0 Å². The van der Waals surface area contributed by atoms with E-state index in [2.05, 4.69) is 5.32 Å². The van der Waals surface area contributed by atoms with Gasteiger partial charge in [-0.05, 0) is 44.0 Å². The minimum atomic E-state index is -4.69. The monoisotopic (exact) mass is 414 g/mol. The smallest absolute Gasteiger partial charge is 0.370 e. The molecule has 3 N–H and O–H groups in total. The lowest BCUT2D eigenvalue weighted by molar-refractivity contribution is -0.137. The Labute approximate surface area is 167 Å². The summed E-state index contributed by atoms with van der Waals surface area (Å²) >= 11 is 0. The number of anilines is 2. The highest BCUT2D eigenvalue weighted by Gasteiger charge is 2.37. The van der Waals surface area contributed by atoms with E-state index in [1.165, 1.54) is 12.1 Å². The molecule has 29 heavy (non-hydrogen) atoms. The zero-order chi connectivity index (χ0) is 21.2. The van der Waals surface area contributed by atoms with Crippen molar-refractivity contribution in [1.29, 1.82) is 0 Å². The molecule has 0 bridgehead atoms. The molecule has 2 fully saturated rings. The van der Waals surface area contributed by atoms with Crippen LogP contribution in [0.5, 0.6) is 0 Å². The number of halogens is 3. The molecule has 0 radical (unpaired) electrons. The zero-order valence-corrected chi connectivity index (χ0v) is 16.2. The molecule has 2 aliphatic rings. The Kier molecular flexibility index (Phi) is 6.45. The molecule has 1 atom stereocenters. The van der Waals surface area contributed by atoms with E-state index in [9.17, 15) is 22.8 Å². The van der Waals surface area contributed by atoms with Gasteiger partial charge in [0, 0.05) is 25.3 Å². The number of carbonyl (C=O) groups excluding carboxylic acids is 2. The highest BCUT2D eigenvalue weighted by molar-refractivity contribution is 5.98. The fourth-order valence-corrected chi connectivity index (χ4v) is 3.40. The first-order chi connectivity index (χ1) is 13.7. The number of benzene rings is 1. The van der Waals surface area contributed by atoms with E-state index in [1.54, 1.807) is 7.05 Å². The van der Waals surface area contributed by atoms with Crippen molar-refractivity contribution < 1.29 is 27.5 Å². The van der Waals surface area contributed by atoms with E-state index in [0.717, 1.165) is 30.4 Å². The maximum absolute atomic E-state index is 13.6. The second-order valence-corrected chi connectivity index (χ2v) is 7.45. The molecule has 160 valence electrons. The number of amides is 2. The summed E-state index contributed by atoms with van der Waals surface area (Å²) in [5, 5.41) is 2.53. The standard InChI is InChI=1S/C19H25F3N4O3/c1-25(10-12-2-3-12)16(9-23)18(28)24-13-4-5-15(14(8-13)19(20,21)22)26-6-7-29-11-17(26)27/h4-5,8,12,16H,2-3,6-7,9-11,23H2,1H3,(H,24,28)/t16-/m1/s1. The van der Waals surface area contributed by atoms with E-state index in [4.69, 9.17) is 10.5 Å². The van der Waals surface area contributed by atoms with Crippen LogP contribution in [0, 0.1) is 5.92 Å². The first-order valence-corrected chi connectivity index (χ1v) is 9.51. The van der Waals surface area contributed by atoms with Gasteiger partial charge in [-0.1, -0.05) is 0 Å². The Balaban J connectivity index is 1.80. The van der Waals surface area contributed by atoms with Crippen molar-refractivity contribution in [3.8, 4) is 0 Å². The van der Waals surface area contributed by atoms with Crippen LogP contribution in [-0.4, -0.2) is 62.7 Å². The molecule has 7 nitrogen and oxygen atoms in total. The minimum Gasteiger partial charge on any atom is -0.370 e. The van der Waals surface area contributed by atoms with Crippen molar-refractivity contribution in [2.75, 3.05) is 50.1 Å². The molecule has 1 saturated heterocycles. The molecule has 0 unspecified atom stereocenters. The lowest BCUT2D eigenvalue weighted by Crippen LogP contribution is -2.47. The summed E-state index contributed by atoms with van der Waals surface area (Å²) in [6, 6.07) is 2.78. The first-order valence-electron chi connectivity index (χ1n) is 9.51. The third kappa shape index (κ3) is 5.26. The number of ether oxygens (including phenoxy) is 1. The normalized spacial score (nSPS) is 18.8. The van der Waals surface area contributed by atoms with Gasteiger partial charge in [0.1, 0.15) is 12.6 Å². The summed E-state index contributed by atoms with van der Waals surface area (Å²) in [7, 11) is 1.78. The van der Waals surface area contributed by atoms with Gasteiger partial charge in [-0.25, -0.2) is 0 Å². The van der Waals surface area contributed by atoms with Gasteiger partial charge in [0.15, 0.2) is 0 Å². The molecular weight excluding hydrogens is 389 g/mol. The van der Waals surface area contributed by atoms with Crippen LogP contribution in [0.15, 0.2) is 18.2 Å². The zero-order valence-electron chi connectivity index (χ0n) is 16.2. The Morgan fingerprint density at radius 1 is 1.41 bits per heavy atom. The average molecular weight is 414 g/mol. The van der Waals surface area contributed by atoms with Crippen LogP contribution in [0.3, 0.4) is 0 Å². The van der Waals surface area contributed by atoms with Gasteiger partial charge < -0.3 is 20.7 Å². The van der Waals surface area contributed by atoms with E-state index in [1.807, 2.05) is 4.90 Å². The maximum atomic E-state index is 13.6. The molecule has 1 aliphatic carbocycles. The largest absolute Gasteiger partial charge is 0.418 e. The summed E-state index contributed by atoms with van der Waals surface area (Å²) in [5.41, 5.74) is 4.50. The predicted molar refractivity (Wildman–Crippen MR) is 101 cm³/mol. The molecule has 1 aromatic rings. The molecule has 2 amide bonds. The Hall–Kier alpha value is -2.17. The van der Waals surface area contributed by atoms with Gasteiger partial charge in [0.25, 0.3) is 5.91 Å². The molecule has 0 spiro atoms. The van der Waals surface area contributed by atoms with Crippen LogP contribution in [0.2, 0.25) is 0 Å². The summed E-state index contributed by atoms with van der Waals surface area (Å²) in [6.07, 6.45) is -2.47. The molecule has 1 saturated carbocycles. The summed E-state index contributed by atoms with van der Waals surface area (Å²) in [6.45, 7) is 0.714. The summed E-state index contributed by atoms with van der Waals surface area (Å²) in [5.74, 6) is -0.452. The quantitative estimate of drug-likeness (QED) is 0.709. The molecular formula is C19H25F3N4O3. The molecule has 1 heterocycles. The number of hydrogen-bond acceptors (Lipinski definition) is 5. The van der Waals surface area contributed by atoms with Gasteiger partial charge >= 0.3 is 6.18 Å². The molecule has 1 aliphatic heterocycles. The fraction of sp³-hybridized carbons (Fsp3) is 0.579. The van der Waals surface area contributed by atoms with Crippen LogP contribution < -0.4 is 16.0 Å². The Morgan fingerprint density at radius 3 is 2.72 bits per heavy atom. The van der Waals surface area contributed by atoms with Gasteiger partial charge in [-0.3, -0.25) is 14.5 Å². The number of hydrogen-bond donors (Lipinski definition) is 2. The minimum absolute atomic E-state index is 0.00468. The van der Waals surface area contributed by atoms with E-state index in [0.29, 0.717) is 5.92 Å². The molecule has 3 rings (SSSR count). The number of morpholine rings is 1. The average Bonchev–Trinajstić information content (AvgIpc) is 3.46. The topological polar surface area (TPSA) is 87.9 Å². The van der Waals surface area contributed by atoms with Crippen LogP contribution in [-0.2, 0) is 20.5 Å². The van der Waals surface area contributed by atoms with Gasteiger partial charge in [0.05, 0.1) is 17.9 Å². The maximum Gasteiger partial charge on any atom is 0.418 e. The van der Waals surface area contributed by atoms with Gasteiger partial charge in [-0.2, -0.15) is 13.2 Å². The lowest BCUT2D eigenvalue weighted by atomic mass is 10.1. The number of alkyl halides is 3. The summed E-state index contributed by atoms with van der Waals surface area (Å²) < 4.78 is 45.9. The Bertz CT molecular complexity index is 768. The van der Waals surface area contributed by atoms with Crippen molar-refractivity contribution in [3.05, 3.63) is 23.8 Å². The van der Waals surface area contributed by atoms with Crippen molar-refractivity contribution >= 4 is 23.2 Å². The molecule has 0 aromatic heterocycles. The predicted octanol–water partition coefficient (Wildman–Crippen LogP) is 1.68. The third-order valence-corrected chi connectivity index (χ3v) is 5.15. The van der Waals surface area contributed by atoms with Gasteiger partial charge in [0.2, 0.25) is 5.91 Å². The van der Waals surface area contributed by atoms with Crippen molar-refractivity contribution in [2.24, 2.45) is 11.7 Å². The van der Waals surface area contributed by atoms with Crippen LogP contribution in [0.4, 0.5) is 24.5 Å². The SMILES string of the molecule is CN(CC1CC1)[C@H](CN)C(=O)Nc1ccc(N2CCOCC2=O)c(C(F)(F)F)c1. The third-order valence-electron chi connectivity index (χ3n) is 5.15. The highest BCUT2D eigenvalue weighted by Crippen LogP contribution is 2.39.